The van der Waals surface area contributed by atoms with E-state index >= 15 is 0 Å². The van der Waals surface area contributed by atoms with Gasteiger partial charge in [0.25, 0.3) is 0 Å². The Labute approximate surface area is 367 Å². The predicted molar refractivity (Wildman–Crippen MR) is 232 cm³/mol. The van der Waals surface area contributed by atoms with E-state index in [-0.39, 0.29) is 70.0 Å². The first kappa shape index (κ1) is 52.8. The van der Waals surface area contributed by atoms with Crippen LogP contribution < -0.4 is 59.3 Å². The lowest BCUT2D eigenvalue weighted by Gasteiger charge is -2.28. The van der Waals surface area contributed by atoms with Crippen molar-refractivity contribution in [3.63, 3.8) is 0 Å². The number of amides is 9. The number of aliphatic hydroxyl groups is 1. The molecule has 0 spiro atoms. The molecule has 0 aliphatic carbocycles. The number of hydrogen-bond donors (Lipinski definition) is 12. The molecule has 9 amide bonds. The average molecular weight is 887 g/mol. The third-order valence-corrected chi connectivity index (χ3v) is 9.80. The van der Waals surface area contributed by atoms with Gasteiger partial charge in [-0.2, -0.15) is 0 Å². The minimum Gasteiger partial charge on any atom is -0.394 e. The standard InChI is InChI=1S/C41H66N12O10/c1-6-27(49-34(57)24(4)47-40(63)32(22-54)48-25(5)55)36(59)50-29(16-12-18-45-41(42)43)37(60)51-28-15-10-11-17-44-33(56)21-46-35(58)31(20-26-13-8-7-9-14-26)53-39(62)30(19-23(2)3)52-38(28)61/h7-9,13-14,23-24,27-32,54H,6,10-12,15-22H2,1-5H3,(H,44,56)(H,46,58)(H,47,63)(H,48,55)(H,49,57)(H,50,59)(H,51,60)(H,52,61)(H,53,62)(H4,42,43,45)/t24-,27-,28-,29-,30-,31-,32-/m0/s1. The van der Waals surface area contributed by atoms with Gasteiger partial charge >= 0.3 is 0 Å². The summed E-state index contributed by atoms with van der Waals surface area (Å²) >= 11 is 0. The maximum absolute atomic E-state index is 14.1. The Morgan fingerprint density at radius 2 is 1.44 bits per heavy atom. The fourth-order valence-corrected chi connectivity index (χ4v) is 6.42. The maximum atomic E-state index is 14.1. The van der Waals surface area contributed by atoms with Crippen LogP contribution in [-0.2, 0) is 49.6 Å². The van der Waals surface area contributed by atoms with Crippen LogP contribution in [0, 0.1) is 5.92 Å². The summed E-state index contributed by atoms with van der Waals surface area (Å²) in [6, 6.07) is 0.504. The summed E-state index contributed by atoms with van der Waals surface area (Å²) in [4.78, 5) is 123. The van der Waals surface area contributed by atoms with E-state index in [1.165, 1.54) is 6.92 Å². The van der Waals surface area contributed by atoms with Gasteiger partial charge in [0.05, 0.1) is 13.2 Å². The van der Waals surface area contributed by atoms with E-state index in [4.69, 9.17) is 11.5 Å². The fourth-order valence-electron chi connectivity index (χ4n) is 6.42. The van der Waals surface area contributed by atoms with Crippen LogP contribution in [0.25, 0.3) is 0 Å². The lowest BCUT2D eigenvalue weighted by atomic mass is 10.00. The topological polar surface area (TPSA) is 347 Å². The molecule has 14 N–H and O–H groups in total. The molecule has 1 aliphatic rings. The number of aliphatic hydroxyl groups excluding tert-OH is 1. The molecule has 22 heteroatoms. The van der Waals surface area contributed by atoms with E-state index in [0.717, 1.165) is 12.5 Å². The van der Waals surface area contributed by atoms with Gasteiger partial charge in [0.15, 0.2) is 5.96 Å². The zero-order chi connectivity index (χ0) is 47.1. The minimum atomic E-state index is -1.31. The zero-order valence-electron chi connectivity index (χ0n) is 36.7. The van der Waals surface area contributed by atoms with Crippen LogP contribution in [0.2, 0.25) is 0 Å². The molecule has 1 fully saturated rings. The molecule has 0 saturated carbocycles. The highest BCUT2D eigenvalue weighted by Crippen LogP contribution is 2.11. The number of hydrogen-bond acceptors (Lipinski definition) is 11. The molecule has 22 nitrogen and oxygen atoms in total. The number of nitrogens with zero attached hydrogens (tertiary/aromatic N) is 1. The summed E-state index contributed by atoms with van der Waals surface area (Å²) in [5.41, 5.74) is 11.7. The molecular weight excluding hydrogens is 821 g/mol. The number of nitrogens with one attached hydrogen (secondary N) is 9. The van der Waals surface area contributed by atoms with Crippen molar-refractivity contribution in [2.24, 2.45) is 22.4 Å². The number of carbonyl (C=O) groups is 9. The first-order valence-corrected chi connectivity index (χ1v) is 21.2. The molecule has 1 aromatic rings. The second kappa shape index (κ2) is 27.6. The van der Waals surface area contributed by atoms with Crippen molar-refractivity contribution in [2.75, 3.05) is 26.2 Å². The van der Waals surface area contributed by atoms with Crippen molar-refractivity contribution < 1.29 is 48.3 Å². The summed E-state index contributed by atoms with van der Waals surface area (Å²) in [5.74, 6) is -6.41. The van der Waals surface area contributed by atoms with Crippen molar-refractivity contribution in [1.29, 1.82) is 0 Å². The van der Waals surface area contributed by atoms with E-state index in [0.29, 0.717) is 12.8 Å². The van der Waals surface area contributed by atoms with Gasteiger partial charge in [-0.15, -0.1) is 0 Å². The van der Waals surface area contributed by atoms with Crippen LogP contribution in [0.15, 0.2) is 35.3 Å². The largest absolute Gasteiger partial charge is 0.394 e. The normalized spacial score (nSPS) is 19.6. The average Bonchev–Trinajstić information content (AvgIpc) is 3.22. The van der Waals surface area contributed by atoms with Gasteiger partial charge in [0.2, 0.25) is 53.2 Å². The molecule has 0 radical (unpaired) electrons. The Morgan fingerprint density at radius 3 is 2.06 bits per heavy atom. The van der Waals surface area contributed by atoms with Gasteiger partial charge < -0.3 is 64.4 Å². The summed E-state index contributed by atoms with van der Waals surface area (Å²) in [6.45, 7) is 7.03. The first-order chi connectivity index (χ1) is 29.8. The SMILES string of the molecule is CC[C@H](NC(=O)[C@H](C)NC(=O)[C@H](CO)NC(C)=O)C(=O)N[C@@H](CCCN=C(N)N)C(=O)N[C@H]1CCCCNC(=O)CNC(=O)[C@H](Cc2ccccc2)NC(=O)[C@H](CC(C)C)NC1=O. The highest BCUT2D eigenvalue weighted by molar-refractivity contribution is 5.97. The fraction of sp³-hybridized carbons (Fsp3) is 0.610. The number of aliphatic imine (C=N–C) groups is 1. The van der Waals surface area contributed by atoms with Crippen LogP contribution in [-0.4, -0.2) is 133 Å². The Hall–Kier alpha value is -6.32. The second-order valence-corrected chi connectivity index (χ2v) is 15.7. The second-order valence-electron chi connectivity index (χ2n) is 15.7. The Kier molecular flexibility index (Phi) is 23.1. The highest BCUT2D eigenvalue weighted by atomic mass is 16.3. The molecule has 7 atom stereocenters. The molecule has 0 aromatic heterocycles. The third kappa shape index (κ3) is 19.9. The lowest BCUT2D eigenvalue weighted by Crippen LogP contribution is -2.60. The zero-order valence-corrected chi connectivity index (χ0v) is 36.7. The smallest absolute Gasteiger partial charge is 0.245 e. The van der Waals surface area contributed by atoms with Crippen LogP contribution in [0.1, 0.15) is 85.1 Å². The number of nitrogens with two attached hydrogens (primary N) is 2. The van der Waals surface area contributed by atoms with E-state index in [2.05, 4.69) is 52.8 Å². The molecule has 0 unspecified atom stereocenters. The third-order valence-electron chi connectivity index (χ3n) is 9.80. The molecule has 350 valence electrons. The maximum Gasteiger partial charge on any atom is 0.245 e. The summed E-state index contributed by atoms with van der Waals surface area (Å²) < 4.78 is 0. The Morgan fingerprint density at radius 1 is 0.794 bits per heavy atom. The number of guanidine groups is 1. The van der Waals surface area contributed by atoms with Gasteiger partial charge in [0.1, 0.15) is 42.3 Å². The van der Waals surface area contributed by atoms with Gasteiger partial charge in [-0.25, -0.2) is 0 Å². The number of benzene rings is 1. The van der Waals surface area contributed by atoms with Crippen molar-refractivity contribution in [2.45, 2.75) is 128 Å². The summed E-state index contributed by atoms with van der Waals surface area (Å²) in [5, 5.41) is 32.8. The quantitative estimate of drug-likeness (QED) is 0.0367. The lowest BCUT2D eigenvalue weighted by molar-refractivity contribution is -0.136. The molecular formula is C41H66N12O10. The van der Waals surface area contributed by atoms with Crippen molar-refractivity contribution in [3.05, 3.63) is 35.9 Å². The molecule has 1 saturated heterocycles. The minimum absolute atomic E-state index is 0.0134. The predicted octanol–water partition coefficient (Wildman–Crippen LogP) is -3.42. The monoisotopic (exact) mass is 887 g/mol. The van der Waals surface area contributed by atoms with Crippen molar-refractivity contribution in [3.8, 4) is 0 Å². The molecule has 1 aromatic carbocycles. The van der Waals surface area contributed by atoms with Crippen molar-refractivity contribution in [1.82, 2.24) is 47.9 Å². The van der Waals surface area contributed by atoms with Gasteiger partial charge in [0, 0.05) is 26.4 Å². The van der Waals surface area contributed by atoms with E-state index in [1.807, 2.05) is 13.8 Å². The molecule has 1 aliphatic heterocycles. The molecule has 2 rings (SSSR count). The Balaban J connectivity index is 2.36. The summed E-state index contributed by atoms with van der Waals surface area (Å²) in [7, 11) is 0. The van der Waals surface area contributed by atoms with Gasteiger partial charge in [-0.05, 0) is 63.4 Å². The van der Waals surface area contributed by atoms with Crippen LogP contribution in [0.4, 0.5) is 0 Å². The Bertz CT molecular complexity index is 1760. The van der Waals surface area contributed by atoms with Crippen molar-refractivity contribution >= 4 is 59.1 Å². The van der Waals surface area contributed by atoms with Crippen LogP contribution in [0.3, 0.4) is 0 Å². The first-order valence-electron chi connectivity index (χ1n) is 21.2. The van der Waals surface area contributed by atoms with E-state index < -0.39 is 102 Å². The number of carbonyl (C=O) groups excluding carboxylic acids is 9. The van der Waals surface area contributed by atoms with E-state index in [9.17, 15) is 48.3 Å². The molecule has 63 heavy (non-hydrogen) atoms. The van der Waals surface area contributed by atoms with Gasteiger partial charge in [-0.1, -0.05) is 51.1 Å². The number of rotatable bonds is 19. The molecule has 1 heterocycles. The summed E-state index contributed by atoms with van der Waals surface area (Å²) in [6.07, 6.45) is 1.30. The highest BCUT2D eigenvalue weighted by Gasteiger charge is 2.33. The van der Waals surface area contributed by atoms with Crippen LogP contribution >= 0.6 is 0 Å². The van der Waals surface area contributed by atoms with Gasteiger partial charge in [-0.3, -0.25) is 48.1 Å². The molecule has 0 bridgehead atoms. The van der Waals surface area contributed by atoms with Crippen LogP contribution in [0.5, 0.6) is 0 Å². The van der Waals surface area contributed by atoms with E-state index in [1.54, 1.807) is 37.3 Å².